The molecule has 3 heterocycles. The second-order valence-corrected chi connectivity index (χ2v) is 6.83. The molecule has 0 aliphatic carbocycles. The molecule has 0 spiro atoms. The molecule has 1 N–H and O–H groups in total. The van der Waals surface area contributed by atoms with Crippen LogP contribution in [0.25, 0.3) is 10.2 Å². The summed E-state index contributed by atoms with van der Waals surface area (Å²) in [7, 11) is 0. The first kappa shape index (κ1) is 15.9. The maximum atomic E-state index is 13.6. The van der Waals surface area contributed by atoms with E-state index in [0.717, 1.165) is 28.2 Å². The SMILES string of the molecule is O=C(Cc1ccc(F)cc1F)NC1CN(c2ncnc3ccsc23)C1. The van der Waals surface area contributed by atoms with Crippen LogP contribution in [0.1, 0.15) is 5.56 Å². The van der Waals surface area contributed by atoms with Crippen molar-refractivity contribution in [1.29, 1.82) is 0 Å². The summed E-state index contributed by atoms with van der Waals surface area (Å²) in [6.45, 7) is 1.28. The van der Waals surface area contributed by atoms with E-state index in [0.29, 0.717) is 13.1 Å². The van der Waals surface area contributed by atoms with Crippen molar-refractivity contribution in [1.82, 2.24) is 15.3 Å². The van der Waals surface area contributed by atoms with E-state index >= 15 is 0 Å². The molecule has 3 aromatic rings. The summed E-state index contributed by atoms with van der Waals surface area (Å²) in [4.78, 5) is 22.7. The lowest BCUT2D eigenvalue weighted by Gasteiger charge is -2.40. The van der Waals surface area contributed by atoms with Crippen molar-refractivity contribution in [3.05, 3.63) is 53.2 Å². The van der Waals surface area contributed by atoms with Gasteiger partial charge in [-0.05, 0) is 23.1 Å². The van der Waals surface area contributed by atoms with E-state index < -0.39 is 11.6 Å². The Kier molecular flexibility index (Phi) is 4.04. The van der Waals surface area contributed by atoms with Gasteiger partial charge < -0.3 is 10.2 Å². The average molecular weight is 360 g/mol. The average Bonchev–Trinajstić information content (AvgIpc) is 3.02. The van der Waals surface area contributed by atoms with Crippen LogP contribution in [0.5, 0.6) is 0 Å². The van der Waals surface area contributed by atoms with Crippen LogP contribution in [0.15, 0.2) is 36.0 Å². The van der Waals surface area contributed by atoms with E-state index in [1.807, 2.05) is 11.4 Å². The van der Waals surface area contributed by atoms with Gasteiger partial charge in [0.15, 0.2) is 0 Å². The molecule has 25 heavy (non-hydrogen) atoms. The molecule has 1 aliphatic rings. The molecule has 4 rings (SSSR count). The van der Waals surface area contributed by atoms with Crippen molar-refractivity contribution < 1.29 is 13.6 Å². The highest BCUT2D eigenvalue weighted by atomic mass is 32.1. The van der Waals surface area contributed by atoms with Crippen LogP contribution in [0.2, 0.25) is 0 Å². The summed E-state index contributed by atoms with van der Waals surface area (Å²) in [6, 6.07) is 5.17. The lowest BCUT2D eigenvalue weighted by atomic mass is 10.1. The molecule has 128 valence electrons. The standard InChI is InChI=1S/C17H14F2N4OS/c18-11-2-1-10(13(19)6-11)5-15(24)22-12-7-23(8-12)17-16-14(3-4-25-16)20-9-21-17/h1-4,6,9,12H,5,7-8H2,(H,22,24). The predicted octanol–water partition coefficient (Wildman–Crippen LogP) is 2.52. The Morgan fingerprint density at radius 2 is 2.12 bits per heavy atom. The van der Waals surface area contributed by atoms with E-state index in [4.69, 9.17) is 0 Å². The van der Waals surface area contributed by atoms with Crippen molar-refractivity contribution in [2.45, 2.75) is 12.5 Å². The number of aromatic nitrogens is 2. The van der Waals surface area contributed by atoms with Crippen LogP contribution in [0, 0.1) is 11.6 Å². The van der Waals surface area contributed by atoms with Crippen molar-refractivity contribution in [2.75, 3.05) is 18.0 Å². The number of hydrogen-bond acceptors (Lipinski definition) is 5. The summed E-state index contributed by atoms with van der Waals surface area (Å²) < 4.78 is 27.5. The van der Waals surface area contributed by atoms with Gasteiger partial charge in [-0.2, -0.15) is 0 Å². The van der Waals surface area contributed by atoms with Crippen LogP contribution in [0.4, 0.5) is 14.6 Å². The zero-order chi connectivity index (χ0) is 17.4. The fourth-order valence-electron chi connectivity index (χ4n) is 2.86. The molecule has 1 fully saturated rings. The molecule has 1 aromatic carbocycles. The van der Waals surface area contributed by atoms with Crippen LogP contribution >= 0.6 is 11.3 Å². The number of anilines is 1. The Morgan fingerprint density at radius 1 is 1.28 bits per heavy atom. The van der Waals surface area contributed by atoms with Crippen LogP contribution in [-0.4, -0.2) is 35.0 Å². The number of rotatable bonds is 4. The normalized spacial score (nSPS) is 14.6. The molecule has 0 unspecified atom stereocenters. The molecule has 8 heteroatoms. The van der Waals surface area contributed by atoms with Gasteiger partial charge in [-0.3, -0.25) is 4.79 Å². The minimum absolute atomic E-state index is 0.0130. The van der Waals surface area contributed by atoms with Crippen LogP contribution < -0.4 is 10.2 Å². The molecule has 2 aromatic heterocycles. The van der Waals surface area contributed by atoms with E-state index in [2.05, 4.69) is 20.2 Å². The first-order valence-corrected chi connectivity index (χ1v) is 8.64. The monoisotopic (exact) mass is 360 g/mol. The van der Waals surface area contributed by atoms with Gasteiger partial charge in [0.2, 0.25) is 5.91 Å². The van der Waals surface area contributed by atoms with Gasteiger partial charge in [-0.25, -0.2) is 18.7 Å². The molecule has 0 atom stereocenters. The fourth-order valence-corrected chi connectivity index (χ4v) is 3.72. The second kappa shape index (κ2) is 6.36. The summed E-state index contributed by atoms with van der Waals surface area (Å²) >= 11 is 1.58. The number of carbonyl (C=O) groups excluding carboxylic acids is 1. The summed E-state index contributed by atoms with van der Waals surface area (Å²) in [5.74, 6) is -0.762. The number of hydrogen-bond donors (Lipinski definition) is 1. The predicted molar refractivity (Wildman–Crippen MR) is 91.6 cm³/mol. The maximum absolute atomic E-state index is 13.6. The first-order chi connectivity index (χ1) is 12.1. The molecule has 0 bridgehead atoms. The summed E-state index contributed by atoms with van der Waals surface area (Å²) in [5.41, 5.74) is 1.10. The lowest BCUT2D eigenvalue weighted by Crippen LogP contribution is -2.60. The number of amides is 1. The minimum Gasteiger partial charge on any atom is -0.351 e. The smallest absolute Gasteiger partial charge is 0.224 e. The largest absolute Gasteiger partial charge is 0.351 e. The number of nitrogens with one attached hydrogen (secondary N) is 1. The Labute approximate surface area is 146 Å². The molecule has 1 aliphatic heterocycles. The molecular weight excluding hydrogens is 346 g/mol. The third-order valence-electron chi connectivity index (χ3n) is 4.14. The van der Waals surface area contributed by atoms with Crippen LogP contribution in [0.3, 0.4) is 0 Å². The Bertz CT molecular complexity index is 939. The number of halogens is 2. The maximum Gasteiger partial charge on any atom is 0.224 e. The van der Waals surface area contributed by atoms with E-state index in [1.165, 1.54) is 12.4 Å². The lowest BCUT2D eigenvalue weighted by molar-refractivity contribution is -0.121. The van der Waals surface area contributed by atoms with Gasteiger partial charge in [0, 0.05) is 19.2 Å². The summed E-state index contributed by atoms with van der Waals surface area (Å²) in [5, 5.41) is 4.84. The van der Waals surface area contributed by atoms with Gasteiger partial charge >= 0.3 is 0 Å². The topological polar surface area (TPSA) is 58.1 Å². The van der Waals surface area contributed by atoms with Gasteiger partial charge in [0.25, 0.3) is 0 Å². The van der Waals surface area contributed by atoms with Crippen molar-refractivity contribution in [3.8, 4) is 0 Å². The first-order valence-electron chi connectivity index (χ1n) is 7.76. The third-order valence-corrected chi connectivity index (χ3v) is 5.04. The second-order valence-electron chi connectivity index (χ2n) is 5.91. The molecule has 0 radical (unpaired) electrons. The van der Waals surface area contributed by atoms with E-state index in [9.17, 15) is 13.6 Å². The molecule has 0 saturated carbocycles. The van der Waals surface area contributed by atoms with Gasteiger partial charge in [-0.15, -0.1) is 11.3 Å². The highest BCUT2D eigenvalue weighted by Crippen LogP contribution is 2.30. The Balaban J connectivity index is 1.35. The van der Waals surface area contributed by atoms with Crippen molar-refractivity contribution >= 4 is 33.3 Å². The molecule has 1 saturated heterocycles. The minimum atomic E-state index is -0.702. The highest BCUT2D eigenvalue weighted by molar-refractivity contribution is 7.17. The van der Waals surface area contributed by atoms with Gasteiger partial charge in [0.1, 0.15) is 23.8 Å². The number of fused-ring (bicyclic) bond motifs is 1. The van der Waals surface area contributed by atoms with E-state index in [1.54, 1.807) is 11.3 Å². The van der Waals surface area contributed by atoms with Gasteiger partial charge in [-0.1, -0.05) is 6.07 Å². The fraction of sp³-hybridized carbons (Fsp3) is 0.235. The Hall–Kier alpha value is -2.61. The number of thiophene rings is 1. The number of nitrogens with zero attached hydrogens (tertiary/aromatic N) is 3. The quantitative estimate of drug-likeness (QED) is 0.777. The highest BCUT2D eigenvalue weighted by Gasteiger charge is 2.30. The van der Waals surface area contributed by atoms with Crippen LogP contribution in [-0.2, 0) is 11.2 Å². The van der Waals surface area contributed by atoms with Gasteiger partial charge in [0.05, 0.1) is 22.7 Å². The number of carbonyl (C=O) groups is 1. The number of benzene rings is 1. The third kappa shape index (κ3) is 3.17. The summed E-state index contributed by atoms with van der Waals surface area (Å²) in [6.07, 6.45) is 1.43. The zero-order valence-corrected chi connectivity index (χ0v) is 13.9. The molecule has 5 nitrogen and oxygen atoms in total. The Morgan fingerprint density at radius 3 is 2.92 bits per heavy atom. The molecular formula is C17H14F2N4OS. The zero-order valence-electron chi connectivity index (χ0n) is 13.1. The molecule has 1 amide bonds. The van der Waals surface area contributed by atoms with Crippen molar-refractivity contribution in [2.24, 2.45) is 0 Å². The van der Waals surface area contributed by atoms with Crippen molar-refractivity contribution in [3.63, 3.8) is 0 Å². The van der Waals surface area contributed by atoms with E-state index in [-0.39, 0.29) is 23.9 Å².